The Balaban J connectivity index is 1.01. The third kappa shape index (κ3) is 6.03. The van der Waals surface area contributed by atoms with Crippen molar-refractivity contribution in [2.45, 2.75) is 12.8 Å². The zero-order chi connectivity index (χ0) is 39.2. The third-order valence-corrected chi connectivity index (χ3v) is 9.95. The maximum Gasteiger partial charge on any atom is 0.277 e. The first-order valence-electron chi connectivity index (χ1n) is 17.5. The van der Waals surface area contributed by atoms with Crippen LogP contribution in [0.3, 0.4) is 0 Å². The van der Waals surface area contributed by atoms with Crippen LogP contribution in [0.15, 0.2) is 97.1 Å². The van der Waals surface area contributed by atoms with E-state index in [1.807, 2.05) is 0 Å². The lowest BCUT2D eigenvalue weighted by Crippen LogP contribution is -2.39. The number of ether oxygens (including phenoxy) is 2. The molecule has 16 nitrogen and oxygen atoms in total. The van der Waals surface area contributed by atoms with E-state index < -0.39 is 11.8 Å². The highest BCUT2D eigenvalue weighted by Crippen LogP contribution is 2.34. The Hall–Kier alpha value is -7.46. The molecule has 5 N–H and O–H groups in total. The second kappa shape index (κ2) is 14.1. The molecule has 0 aliphatic carbocycles. The summed E-state index contributed by atoms with van der Waals surface area (Å²) >= 11 is 0. The molecule has 16 heteroatoms. The lowest BCUT2D eigenvalue weighted by atomic mass is 10.0. The first-order valence-corrected chi connectivity index (χ1v) is 17.5. The summed E-state index contributed by atoms with van der Waals surface area (Å²) < 4.78 is 13.4. The maximum atomic E-state index is 14.0. The highest BCUT2D eigenvalue weighted by atomic mass is 16.5. The zero-order valence-electron chi connectivity index (χ0n) is 30.2. The number of amides is 4. The van der Waals surface area contributed by atoms with Crippen LogP contribution >= 0.6 is 0 Å². The summed E-state index contributed by atoms with van der Waals surface area (Å²) in [6.07, 6.45) is 0.708. The summed E-state index contributed by atoms with van der Waals surface area (Å²) in [6.45, 7) is 0.566. The lowest BCUT2D eigenvalue weighted by molar-refractivity contribution is 0.0964. The van der Waals surface area contributed by atoms with Crippen molar-refractivity contribution in [2.75, 3.05) is 42.2 Å². The monoisotopic (exact) mass is 753 g/mol. The Bertz CT molecular complexity index is 2330. The van der Waals surface area contributed by atoms with Crippen LogP contribution in [0.4, 0.5) is 22.7 Å². The molecule has 2 aromatic heterocycles. The summed E-state index contributed by atoms with van der Waals surface area (Å²) in [7, 11) is 3.10. The Labute approximate surface area is 319 Å². The van der Waals surface area contributed by atoms with Gasteiger partial charge in [0.25, 0.3) is 23.6 Å². The molecule has 2 aliphatic heterocycles. The van der Waals surface area contributed by atoms with Gasteiger partial charge in [-0.2, -0.15) is 10.2 Å². The standard InChI is InChI=1S/C40H35N9O7/c1-55-29-15-11-25(12-16-29)47-35-31(33(43-47)37(41)50)19-21-45(39(35)52)23-3-7-27(8-4-23)49(54)28-9-5-24(6-10-28)46-22-20-32-34(38(42)51)44-48(36(32)40(46)53)26-13-17-30(56-2)18-14-26/h3-18,54H,19-22H2,1-2H3,(H2,41,50)(H2,42,51). The summed E-state index contributed by atoms with van der Waals surface area (Å²) in [4.78, 5) is 55.7. The van der Waals surface area contributed by atoms with Crippen LogP contribution in [-0.4, -0.2) is 75.7 Å². The molecule has 0 fully saturated rings. The summed E-state index contributed by atoms with van der Waals surface area (Å²) in [5, 5.41) is 21.0. The molecular formula is C40H35N9O7. The van der Waals surface area contributed by atoms with Gasteiger partial charge in [0.05, 0.1) is 37.0 Å². The number of anilines is 4. The van der Waals surface area contributed by atoms with Crippen molar-refractivity contribution >= 4 is 46.4 Å². The van der Waals surface area contributed by atoms with E-state index in [4.69, 9.17) is 20.9 Å². The number of methoxy groups -OCH3 is 2. The van der Waals surface area contributed by atoms with Crippen molar-refractivity contribution in [2.24, 2.45) is 11.5 Å². The van der Waals surface area contributed by atoms with Gasteiger partial charge in [-0.15, -0.1) is 0 Å². The van der Waals surface area contributed by atoms with Crippen LogP contribution in [-0.2, 0) is 12.8 Å². The first kappa shape index (κ1) is 35.6. The fourth-order valence-corrected chi connectivity index (χ4v) is 7.13. The fraction of sp³-hybridized carbons (Fsp3) is 0.150. The average molecular weight is 754 g/mol. The smallest absolute Gasteiger partial charge is 0.277 e. The predicted molar refractivity (Wildman–Crippen MR) is 205 cm³/mol. The largest absolute Gasteiger partial charge is 0.497 e. The van der Waals surface area contributed by atoms with Crippen LogP contribution in [0.1, 0.15) is 53.1 Å². The predicted octanol–water partition coefficient (Wildman–Crippen LogP) is 4.21. The molecule has 2 aliphatic rings. The molecule has 0 saturated carbocycles. The van der Waals surface area contributed by atoms with Crippen molar-refractivity contribution in [3.63, 3.8) is 0 Å². The van der Waals surface area contributed by atoms with Crippen molar-refractivity contribution in [3.05, 3.63) is 131 Å². The molecule has 0 spiro atoms. The molecule has 0 atom stereocenters. The Morgan fingerprint density at radius 2 is 0.929 bits per heavy atom. The number of rotatable bonds is 10. The molecule has 4 heterocycles. The van der Waals surface area contributed by atoms with Gasteiger partial charge < -0.3 is 30.7 Å². The minimum atomic E-state index is -0.720. The van der Waals surface area contributed by atoms with Gasteiger partial charge >= 0.3 is 0 Å². The molecule has 0 unspecified atom stereocenters. The molecule has 56 heavy (non-hydrogen) atoms. The minimum Gasteiger partial charge on any atom is -0.497 e. The summed E-state index contributed by atoms with van der Waals surface area (Å²) in [5.74, 6) is -0.907. The first-order chi connectivity index (χ1) is 27.1. The minimum absolute atomic E-state index is 0.0490. The van der Waals surface area contributed by atoms with Gasteiger partial charge in [-0.25, -0.2) is 14.4 Å². The normalized spacial score (nSPS) is 13.6. The van der Waals surface area contributed by atoms with E-state index in [1.54, 1.807) is 121 Å². The molecule has 6 aromatic rings. The molecule has 0 saturated heterocycles. The molecule has 282 valence electrons. The summed E-state index contributed by atoms with van der Waals surface area (Å²) in [5.41, 5.74) is 16.0. The number of benzene rings is 4. The number of hydrogen-bond acceptors (Lipinski definition) is 10. The highest BCUT2D eigenvalue weighted by Gasteiger charge is 2.36. The van der Waals surface area contributed by atoms with Crippen LogP contribution in [0.25, 0.3) is 11.4 Å². The number of carbonyl (C=O) groups excluding carboxylic acids is 4. The van der Waals surface area contributed by atoms with E-state index in [0.29, 0.717) is 69.6 Å². The van der Waals surface area contributed by atoms with E-state index in [1.165, 1.54) is 9.36 Å². The van der Waals surface area contributed by atoms with Gasteiger partial charge in [-0.3, -0.25) is 24.4 Å². The SMILES string of the molecule is COc1ccc(-n2nc(C(N)=O)c3c2C(=O)N(c2ccc(N(O)c4ccc(N5CCc6c(C(N)=O)nn(-c7ccc(OC)cc7)c6C5=O)cc4)cc2)CC3)cc1. The highest BCUT2D eigenvalue weighted by molar-refractivity contribution is 6.10. The van der Waals surface area contributed by atoms with Crippen molar-refractivity contribution < 1.29 is 33.9 Å². The van der Waals surface area contributed by atoms with Crippen LogP contribution in [0, 0.1) is 0 Å². The van der Waals surface area contributed by atoms with Crippen LogP contribution in [0.2, 0.25) is 0 Å². The molecular weight excluding hydrogens is 718 g/mol. The Morgan fingerprint density at radius 1 is 0.589 bits per heavy atom. The number of carbonyl (C=O) groups is 4. The molecule has 4 amide bonds. The van der Waals surface area contributed by atoms with Crippen molar-refractivity contribution in [1.82, 2.24) is 19.6 Å². The number of fused-ring (bicyclic) bond motifs is 2. The Morgan fingerprint density at radius 3 is 1.25 bits per heavy atom. The molecule has 8 rings (SSSR count). The fourth-order valence-electron chi connectivity index (χ4n) is 7.13. The van der Waals surface area contributed by atoms with Crippen molar-refractivity contribution in [1.29, 1.82) is 0 Å². The number of hydrogen-bond donors (Lipinski definition) is 3. The van der Waals surface area contributed by atoms with Crippen molar-refractivity contribution in [3.8, 4) is 22.9 Å². The van der Waals surface area contributed by atoms with Gasteiger partial charge in [-0.05, 0) is 110 Å². The van der Waals surface area contributed by atoms with Gasteiger partial charge in [0.15, 0.2) is 11.4 Å². The molecule has 0 radical (unpaired) electrons. The number of nitrogens with zero attached hydrogens (tertiary/aromatic N) is 7. The average Bonchev–Trinajstić information content (AvgIpc) is 3.82. The Kier molecular flexibility index (Phi) is 8.94. The number of aromatic nitrogens is 4. The molecule has 0 bridgehead atoms. The summed E-state index contributed by atoms with van der Waals surface area (Å²) in [6, 6.07) is 27.4. The van der Waals surface area contributed by atoms with Crippen LogP contribution < -0.4 is 35.8 Å². The zero-order valence-corrected chi connectivity index (χ0v) is 30.2. The molecule has 4 aromatic carbocycles. The van der Waals surface area contributed by atoms with E-state index in [2.05, 4.69) is 10.2 Å². The third-order valence-electron chi connectivity index (χ3n) is 9.95. The van der Waals surface area contributed by atoms with Gasteiger partial charge in [0.1, 0.15) is 22.9 Å². The lowest BCUT2D eigenvalue weighted by Gasteiger charge is -2.29. The van der Waals surface area contributed by atoms with E-state index in [-0.39, 0.29) is 47.7 Å². The van der Waals surface area contributed by atoms with E-state index in [0.717, 1.165) is 5.06 Å². The quantitative estimate of drug-likeness (QED) is 0.170. The van der Waals surface area contributed by atoms with E-state index >= 15 is 0 Å². The van der Waals surface area contributed by atoms with E-state index in [9.17, 15) is 24.4 Å². The second-order valence-corrected chi connectivity index (χ2v) is 13.1. The van der Waals surface area contributed by atoms with Gasteiger partial charge in [-0.1, -0.05) is 0 Å². The maximum absolute atomic E-state index is 14.0. The topological polar surface area (TPSA) is 204 Å². The number of nitrogens with two attached hydrogens (primary N) is 2. The second-order valence-electron chi connectivity index (χ2n) is 13.1. The van der Waals surface area contributed by atoms with Gasteiger partial charge in [0.2, 0.25) is 0 Å². The van der Waals surface area contributed by atoms with Crippen LogP contribution in [0.5, 0.6) is 11.5 Å². The van der Waals surface area contributed by atoms with Gasteiger partial charge in [0, 0.05) is 35.6 Å². The number of primary amides is 2.